The third-order valence-electron chi connectivity index (χ3n) is 6.20. The minimum atomic E-state index is 0.638. The van der Waals surface area contributed by atoms with Crippen molar-refractivity contribution in [1.82, 2.24) is 14.6 Å². The Morgan fingerprint density at radius 2 is 1.89 bits per heavy atom. The molecule has 27 heavy (non-hydrogen) atoms. The van der Waals surface area contributed by atoms with E-state index in [4.69, 9.17) is 11.6 Å². The van der Waals surface area contributed by atoms with Crippen LogP contribution in [0.3, 0.4) is 0 Å². The smallest absolute Gasteiger partial charge is 0.181 e. The summed E-state index contributed by atoms with van der Waals surface area (Å²) in [7, 11) is 0. The third-order valence-corrected chi connectivity index (χ3v) is 6.57. The summed E-state index contributed by atoms with van der Waals surface area (Å²) in [5.74, 6) is 3.09. The van der Waals surface area contributed by atoms with E-state index in [-0.39, 0.29) is 0 Å². The first-order valence-corrected chi connectivity index (χ1v) is 10.5. The second-order valence-corrected chi connectivity index (χ2v) is 8.47. The molecule has 0 amide bonds. The molecule has 5 heteroatoms. The van der Waals surface area contributed by atoms with Gasteiger partial charge in [-0.3, -0.25) is 4.40 Å². The Kier molecular flexibility index (Phi) is 4.52. The normalized spacial score (nSPS) is 22.4. The largest absolute Gasteiger partial charge is 0.383 e. The van der Waals surface area contributed by atoms with Crippen LogP contribution in [0, 0.1) is 11.8 Å². The fourth-order valence-corrected chi connectivity index (χ4v) is 4.75. The van der Waals surface area contributed by atoms with Gasteiger partial charge < -0.3 is 5.32 Å². The third kappa shape index (κ3) is 3.43. The molecule has 0 bridgehead atoms. The van der Waals surface area contributed by atoms with Crippen molar-refractivity contribution < 1.29 is 0 Å². The molecule has 2 aliphatic rings. The van der Waals surface area contributed by atoms with Gasteiger partial charge in [-0.05, 0) is 55.1 Å². The van der Waals surface area contributed by atoms with E-state index >= 15 is 0 Å². The van der Waals surface area contributed by atoms with Gasteiger partial charge in [0.2, 0.25) is 0 Å². The summed E-state index contributed by atoms with van der Waals surface area (Å²) in [5, 5.41) is 13.0. The van der Waals surface area contributed by atoms with E-state index in [0.29, 0.717) is 16.9 Å². The number of benzene rings is 1. The molecule has 4 nitrogen and oxygen atoms in total. The monoisotopic (exact) mass is 380 g/mol. The van der Waals surface area contributed by atoms with Crippen LogP contribution in [0.4, 0.5) is 5.69 Å². The molecule has 2 atom stereocenters. The van der Waals surface area contributed by atoms with Gasteiger partial charge in [-0.1, -0.05) is 48.4 Å². The lowest BCUT2D eigenvalue weighted by atomic mass is 9.89. The maximum absolute atomic E-state index is 6.66. The van der Waals surface area contributed by atoms with E-state index in [1.807, 2.05) is 4.40 Å². The molecule has 2 aliphatic carbocycles. The molecular formula is C22H25ClN4. The molecule has 0 aliphatic heterocycles. The van der Waals surface area contributed by atoms with Crippen LogP contribution in [0.1, 0.15) is 49.4 Å². The predicted molar refractivity (Wildman–Crippen MR) is 109 cm³/mol. The van der Waals surface area contributed by atoms with Gasteiger partial charge in [0, 0.05) is 19.2 Å². The Bertz CT molecular complexity index is 932. The Balaban J connectivity index is 1.32. The van der Waals surface area contributed by atoms with Crippen LogP contribution >= 0.6 is 11.6 Å². The number of halogens is 1. The van der Waals surface area contributed by atoms with E-state index in [9.17, 15) is 0 Å². The molecule has 0 saturated heterocycles. The minimum absolute atomic E-state index is 0.638. The Hall–Kier alpha value is -2.07. The van der Waals surface area contributed by atoms with Gasteiger partial charge in [-0.25, -0.2) is 0 Å². The Morgan fingerprint density at radius 1 is 1.04 bits per heavy atom. The van der Waals surface area contributed by atoms with Crippen LogP contribution in [-0.2, 0) is 6.42 Å². The quantitative estimate of drug-likeness (QED) is 0.628. The minimum Gasteiger partial charge on any atom is -0.383 e. The maximum Gasteiger partial charge on any atom is 0.181 e. The van der Waals surface area contributed by atoms with Crippen LogP contribution in [0.15, 0.2) is 42.6 Å². The number of rotatable bonds is 6. The zero-order valence-corrected chi connectivity index (χ0v) is 16.2. The fourth-order valence-electron chi connectivity index (χ4n) is 4.49. The van der Waals surface area contributed by atoms with E-state index < -0.39 is 0 Å². The highest BCUT2D eigenvalue weighted by Crippen LogP contribution is 2.40. The van der Waals surface area contributed by atoms with Crippen molar-refractivity contribution in [1.29, 1.82) is 0 Å². The highest BCUT2D eigenvalue weighted by Gasteiger charge is 2.28. The van der Waals surface area contributed by atoms with Crippen molar-refractivity contribution in [2.24, 2.45) is 11.8 Å². The average Bonchev–Trinajstić information content (AvgIpc) is 3.23. The first kappa shape index (κ1) is 17.1. The molecule has 2 heterocycles. The van der Waals surface area contributed by atoms with E-state index in [2.05, 4.69) is 58.1 Å². The van der Waals surface area contributed by atoms with E-state index in [1.54, 1.807) is 0 Å². The number of fused-ring (bicyclic) bond motifs is 1. The second kappa shape index (κ2) is 7.16. The van der Waals surface area contributed by atoms with Crippen molar-refractivity contribution in [3.05, 3.63) is 59.0 Å². The highest BCUT2D eigenvalue weighted by atomic mass is 35.5. The summed E-state index contributed by atoms with van der Waals surface area (Å²) in [5.41, 5.74) is 3.20. The van der Waals surface area contributed by atoms with Crippen LogP contribution < -0.4 is 5.32 Å². The van der Waals surface area contributed by atoms with Gasteiger partial charge in [0.15, 0.2) is 5.65 Å². The van der Waals surface area contributed by atoms with Crippen LogP contribution in [-0.4, -0.2) is 21.1 Å². The lowest BCUT2D eigenvalue weighted by molar-refractivity contribution is 0.509. The van der Waals surface area contributed by atoms with Gasteiger partial charge in [0.05, 0.1) is 5.69 Å². The molecule has 3 aromatic rings. The lowest BCUT2D eigenvalue weighted by Crippen LogP contribution is -2.17. The number of aromatic nitrogens is 3. The summed E-state index contributed by atoms with van der Waals surface area (Å²) in [6.45, 7) is 0.943. The number of pyridine rings is 1. The van der Waals surface area contributed by atoms with Gasteiger partial charge in [0.25, 0.3) is 0 Å². The van der Waals surface area contributed by atoms with Crippen LogP contribution in [0.2, 0.25) is 5.02 Å². The molecule has 2 aromatic heterocycles. The molecule has 2 unspecified atom stereocenters. The fraction of sp³-hybridized carbons (Fsp3) is 0.455. The number of nitrogens with one attached hydrogen (secondary N) is 1. The first-order valence-electron chi connectivity index (χ1n) is 10.1. The van der Waals surface area contributed by atoms with Gasteiger partial charge in [0.1, 0.15) is 10.8 Å². The molecule has 0 radical (unpaired) electrons. The zero-order valence-electron chi connectivity index (χ0n) is 15.4. The SMILES string of the molecule is Clc1c(NCC2CCCC2c2ccccc2)ccn2c(CC3CC3)nnc12. The predicted octanol–water partition coefficient (Wildman–Crippen LogP) is 5.33. The van der Waals surface area contributed by atoms with E-state index in [0.717, 1.165) is 36.0 Å². The molecule has 2 saturated carbocycles. The second-order valence-electron chi connectivity index (χ2n) is 8.09. The molecule has 1 N–H and O–H groups in total. The molecule has 5 rings (SSSR count). The van der Waals surface area contributed by atoms with Crippen molar-refractivity contribution in [3.8, 4) is 0 Å². The average molecular weight is 381 g/mol. The van der Waals surface area contributed by atoms with Gasteiger partial charge in [-0.15, -0.1) is 10.2 Å². The molecular weight excluding hydrogens is 356 g/mol. The van der Waals surface area contributed by atoms with Crippen molar-refractivity contribution in [2.45, 2.75) is 44.4 Å². The summed E-state index contributed by atoms with van der Waals surface area (Å²) in [4.78, 5) is 0. The van der Waals surface area contributed by atoms with Crippen LogP contribution in [0.25, 0.3) is 5.65 Å². The van der Waals surface area contributed by atoms with Crippen molar-refractivity contribution in [2.75, 3.05) is 11.9 Å². The number of anilines is 1. The summed E-state index contributed by atoms with van der Waals surface area (Å²) >= 11 is 6.66. The lowest BCUT2D eigenvalue weighted by Gasteiger charge is -2.21. The number of nitrogens with zero attached hydrogens (tertiary/aromatic N) is 3. The van der Waals surface area contributed by atoms with Crippen molar-refractivity contribution >= 4 is 22.9 Å². The Morgan fingerprint density at radius 3 is 2.70 bits per heavy atom. The van der Waals surface area contributed by atoms with Gasteiger partial charge >= 0.3 is 0 Å². The van der Waals surface area contributed by atoms with Crippen molar-refractivity contribution in [3.63, 3.8) is 0 Å². The van der Waals surface area contributed by atoms with Gasteiger partial charge in [-0.2, -0.15) is 0 Å². The maximum atomic E-state index is 6.66. The number of hydrogen-bond acceptors (Lipinski definition) is 3. The van der Waals surface area contributed by atoms with Crippen LogP contribution in [0.5, 0.6) is 0 Å². The zero-order chi connectivity index (χ0) is 18.2. The topological polar surface area (TPSA) is 42.2 Å². The summed E-state index contributed by atoms with van der Waals surface area (Å²) < 4.78 is 2.05. The molecule has 2 fully saturated rings. The first-order chi connectivity index (χ1) is 13.3. The standard InChI is InChI=1S/C22H25ClN4/c23-21-19(11-12-27-20(13-15-9-10-15)25-26-22(21)27)24-14-17-7-4-8-18(17)16-5-2-1-3-6-16/h1-3,5-6,11-12,15,17-18,24H,4,7-10,13-14H2. The Labute approximate surface area is 165 Å². The molecule has 140 valence electrons. The van der Waals surface area contributed by atoms with E-state index in [1.165, 1.54) is 37.7 Å². The summed E-state index contributed by atoms with van der Waals surface area (Å²) in [6.07, 6.45) is 9.53. The number of hydrogen-bond donors (Lipinski definition) is 1. The molecule has 0 spiro atoms. The summed E-state index contributed by atoms with van der Waals surface area (Å²) in [6, 6.07) is 13.0. The molecule has 1 aromatic carbocycles. The highest BCUT2D eigenvalue weighted by molar-refractivity contribution is 6.36.